The zero-order valence-electron chi connectivity index (χ0n) is 16.9. The van der Waals surface area contributed by atoms with Crippen molar-refractivity contribution in [1.29, 1.82) is 0 Å². The average molecular weight is 422 g/mol. The smallest absolute Gasteiger partial charge is 0.416 e. The summed E-state index contributed by atoms with van der Waals surface area (Å²) >= 11 is 0. The zero-order chi connectivity index (χ0) is 21.9. The molecule has 2 amide bonds. The van der Waals surface area contributed by atoms with Crippen molar-refractivity contribution < 1.29 is 27.8 Å². The largest absolute Gasteiger partial charge is 0.457 e. The minimum Gasteiger partial charge on any atom is -0.457 e. The van der Waals surface area contributed by atoms with Gasteiger partial charge >= 0.3 is 12.2 Å². The Balaban J connectivity index is 1.76. The highest BCUT2D eigenvalue weighted by atomic mass is 19.4. The minimum atomic E-state index is -4.59. The number of halogens is 3. The first kappa shape index (κ1) is 22.0. The maximum Gasteiger partial charge on any atom is 0.416 e. The topological polar surface area (TPSA) is 61.8 Å². The van der Waals surface area contributed by atoms with Crippen molar-refractivity contribution in [2.75, 3.05) is 18.4 Å². The molecule has 0 aliphatic carbocycles. The van der Waals surface area contributed by atoms with E-state index in [1.807, 2.05) is 13.8 Å². The third kappa shape index (κ3) is 5.24. The number of aliphatic hydroxyl groups is 1. The number of nitrogens with one attached hydrogen (secondary N) is 1. The van der Waals surface area contributed by atoms with Gasteiger partial charge in [0.15, 0.2) is 0 Å². The molecule has 1 fully saturated rings. The van der Waals surface area contributed by atoms with Gasteiger partial charge in [0.25, 0.3) is 0 Å². The molecule has 0 atom stereocenters. The fourth-order valence-corrected chi connectivity index (χ4v) is 3.40. The lowest BCUT2D eigenvalue weighted by Gasteiger charge is -2.40. The summed E-state index contributed by atoms with van der Waals surface area (Å²) in [5.74, 6) is 0.418. The molecule has 0 saturated carbocycles. The van der Waals surface area contributed by atoms with E-state index in [2.05, 4.69) is 5.32 Å². The van der Waals surface area contributed by atoms with Crippen LogP contribution in [0.2, 0.25) is 0 Å². The lowest BCUT2D eigenvalue weighted by atomic mass is 9.82. The highest BCUT2D eigenvalue weighted by molar-refractivity contribution is 5.89. The number of carbonyl (C=O) groups is 1. The van der Waals surface area contributed by atoms with Gasteiger partial charge in [-0.05, 0) is 43.0 Å². The van der Waals surface area contributed by atoms with Crippen LogP contribution in [0.3, 0.4) is 0 Å². The van der Waals surface area contributed by atoms with Gasteiger partial charge in [-0.15, -0.1) is 0 Å². The third-order valence-corrected chi connectivity index (χ3v) is 5.46. The van der Waals surface area contributed by atoms with Gasteiger partial charge in [0.05, 0.1) is 11.2 Å². The van der Waals surface area contributed by atoms with Gasteiger partial charge in [0.1, 0.15) is 11.5 Å². The number of carbonyl (C=O) groups excluding carboxylic acids is 1. The molecule has 0 spiro atoms. The van der Waals surface area contributed by atoms with Gasteiger partial charge < -0.3 is 20.1 Å². The van der Waals surface area contributed by atoms with Crippen LogP contribution in [0, 0.1) is 5.92 Å². The number of hydrogen-bond donors (Lipinski definition) is 2. The molecule has 162 valence electrons. The monoisotopic (exact) mass is 422 g/mol. The van der Waals surface area contributed by atoms with Crippen LogP contribution in [-0.4, -0.2) is 34.7 Å². The molecule has 5 nitrogen and oxygen atoms in total. The second-order valence-corrected chi connectivity index (χ2v) is 7.83. The Morgan fingerprint density at radius 3 is 2.30 bits per heavy atom. The first-order valence-electron chi connectivity index (χ1n) is 9.80. The molecule has 0 unspecified atom stereocenters. The number of anilines is 1. The Kier molecular flexibility index (Phi) is 6.26. The molecule has 0 radical (unpaired) electrons. The summed E-state index contributed by atoms with van der Waals surface area (Å²) in [5, 5.41) is 13.1. The summed E-state index contributed by atoms with van der Waals surface area (Å²) < 4.78 is 45.5. The Labute approximate surface area is 173 Å². The van der Waals surface area contributed by atoms with E-state index in [0.29, 0.717) is 31.7 Å². The summed E-state index contributed by atoms with van der Waals surface area (Å²) in [7, 11) is 0. The normalized spacial score (nSPS) is 16.4. The summed E-state index contributed by atoms with van der Waals surface area (Å²) in [6.45, 7) is 4.50. The zero-order valence-corrected chi connectivity index (χ0v) is 16.9. The first-order chi connectivity index (χ1) is 14.1. The maximum absolute atomic E-state index is 13.3. The van der Waals surface area contributed by atoms with Crippen LogP contribution < -0.4 is 10.1 Å². The van der Waals surface area contributed by atoms with Crippen molar-refractivity contribution in [3.8, 4) is 11.5 Å². The molecule has 0 bridgehead atoms. The Morgan fingerprint density at radius 2 is 1.73 bits per heavy atom. The van der Waals surface area contributed by atoms with E-state index in [1.54, 1.807) is 30.3 Å². The van der Waals surface area contributed by atoms with E-state index in [4.69, 9.17) is 4.74 Å². The van der Waals surface area contributed by atoms with E-state index < -0.39 is 23.4 Å². The predicted octanol–water partition coefficient (Wildman–Crippen LogP) is 5.51. The van der Waals surface area contributed by atoms with E-state index >= 15 is 0 Å². The molecule has 1 saturated heterocycles. The number of benzene rings is 2. The van der Waals surface area contributed by atoms with Gasteiger partial charge in [-0.3, -0.25) is 0 Å². The standard InChI is InChI=1S/C22H25F3N2O3/c1-15(2)21(29)8-10-27(11-9-21)20(28)26-17-12-16(22(23,24)25)13-19(14-17)30-18-6-4-3-5-7-18/h3-7,12-15,29H,8-11H2,1-2H3,(H,26,28). The van der Waals surface area contributed by atoms with E-state index in [-0.39, 0.29) is 17.4 Å². The summed E-state index contributed by atoms with van der Waals surface area (Å²) in [5.41, 5.74) is -1.76. The minimum absolute atomic E-state index is 0.00884. The highest BCUT2D eigenvalue weighted by Gasteiger charge is 2.37. The molecule has 2 N–H and O–H groups in total. The number of ether oxygens (including phenoxy) is 1. The van der Waals surface area contributed by atoms with Gasteiger partial charge in [-0.25, -0.2) is 4.79 Å². The van der Waals surface area contributed by atoms with Crippen molar-refractivity contribution in [1.82, 2.24) is 4.90 Å². The number of urea groups is 1. The third-order valence-electron chi connectivity index (χ3n) is 5.46. The number of amides is 2. The molecule has 3 rings (SSSR count). The van der Waals surface area contributed by atoms with Crippen molar-refractivity contribution in [3.63, 3.8) is 0 Å². The number of rotatable bonds is 4. The van der Waals surface area contributed by atoms with Crippen molar-refractivity contribution >= 4 is 11.7 Å². The van der Waals surface area contributed by atoms with Gasteiger partial charge in [-0.1, -0.05) is 32.0 Å². The fourth-order valence-electron chi connectivity index (χ4n) is 3.40. The van der Waals surface area contributed by atoms with Crippen LogP contribution in [0.4, 0.5) is 23.7 Å². The Morgan fingerprint density at radius 1 is 1.10 bits per heavy atom. The second kappa shape index (κ2) is 8.55. The van der Waals surface area contributed by atoms with Crippen LogP contribution in [0.15, 0.2) is 48.5 Å². The van der Waals surface area contributed by atoms with Crippen molar-refractivity contribution in [2.45, 2.75) is 38.5 Å². The van der Waals surface area contributed by atoms with E-state index in [9.17, 15) is 23.1 Å². The van der Waals surface area contributed by atoms with Crippen LogP contribution in [0.5, 0.6) is 11.5 Å². The van der Waals surface area contributed by atoms with Gasteiger partial charge in [0.2, 0.25) is 0 Å². The SMILES string of the molecule is CC(C)C1(O)CCN(C(=O)Nc2cc(Oc3ccccc3)cc(C(F)(F)F)c2)CC1. The average Bonchev–Trinajstić information content (AvgIpc) is 2.68. The molecule has 1 aliphatic rings. The second-order valence-electron chi connectivity index (χ2n) is 7.83. The molecule has 2 aromatic carbocycles. The van der Waals surface area contributed by atoms with Crippen molar-refractivity contribution in [2.24, 2.45) is 5.92 Å². The number of hydrogen-bond acceptors (Lipinski definition) is 3. The van der Waals surface area contributed by atoms with Gasteiger partial charge in [0, 0.05) is 24.8 Å². The lowest BCUT2D eigenvalue weighted by Crippen LogP contribution is -2.50. The molecule has 0 aromatic heterocycles. The number of para-hydroxylation sites is 1. The predicted molar refractivity (Wildman–Crippen MR) is 108 cm³/mol. The van der Waals surface area contributed by atoms with Crippen LogP contribution in [0.1, 0.15) is 32.3 Å². The number of nitrogens with zero attached hydrogens (tertiary/aromatic N) is 1. The molecule has 8 heteroatoms. The van der Waals surface area contributed by atoms with Gasteiger partial charge in [-0.2, -0.15) is 13.2 Å². The Hall–Kier alpha value is -2.74. The van der Waals surface area contributed by atoms with E-state index in [1.165, 1.54) is 11.0 Å². The molecule has 2 aromatic rings. The summed E-state index contributed by atoms with van der Waals surface area (Å²) in [4.78, 5) is 14.1. The van der Waals surface area contributed by atoms with Crippen molar-refractivity contribution in [3.05, 3.63) is 54.1 Å². The van der Waals surface area contributed by atoms with Crippen LogP contribution >= 0.6 is 0 Å². The number of likely N-dealkylation sites (tertiary alicyclic amines) is 1. The molecule has 1 heterocycles. The fraction of sp³-hybridized carbons (Fsp3) is 0.409. The summed E-state index contributed by atoms with van der Waals surface area (Å²) in [6, 6.07) is 11.1. The summed E-state index contributed by atoms with van der Waals surface area (Å²) in [6.07, 6.45) is -3.75. The number of piperidine rings is 1. The number of alkyl halides is 3. The van der Waals surface area contributed by atoms with Crippen LogP contribution in [0.25, 0.3) is 0 Å². The quantitative estimate of drug-likeness (QED) is 0.683. The van der Waals surface area contributed by atoms with Crippen LogP contribution in [-0.2, 0) is 6.18 Å². The molecule has 1 aliphatic heterocycles. The molecule has 30 heavy (non-hydrogen) atoms. The first-order valence-corrected chi connectivity index (χ1v) is 9.80. The maximum atomic E-state index is 13.3. The molecular weight excluding hydrogens is 397 g/mol. The molecular formula is C22H25F3N2O3. The Bertz CT molecular complexity index is 877. The van der Waals surface area contributed by atoms with E-state index in [0.717, 1.165) is 12.1 Å². The highest BCUT2D eigenvalue weighted by Crippen LogP contribution is 2.36. The lowest BCUT2D eigenvalue weighted by molar-refractivity contribution is -0.137.